The van der Waals surface area contributed by atoms with E-state index in [4.69, 9.17) is 0 Å². The van der Waals surface area contributed by atoms with Gasteiger partial charge in [0.1, 0.15) is 0 Å². The standard InChI is InChI=1S/C17H14O2/c1-4-11-7-14-9-12(5-2)13(6-3)10-15(14)16(8-11)17(18)19/h4-10H,1-3H2,(H,18,19). The third kappa shape index (κ3) is 2.20. The summed E-state index contributed by atoms with van der Waals surface area (Å²) in [7, 11) is 0. The van der Waals surface area contributed by atoms with Crippen molar-refractivity contribution in [3.63, 3.8) is 0 Å². The van der Waals surface area contributed by atoms with Gasteiger partial charge in [0, 0.05) is 0 Å². The number of carboxylic acid groups (broad SMARTS) is 1. The Hall–Kier alpha value is -2.61. The molecular formula is C17H14O2. The molecule has 0 aliphatic rings. The van der Waals surface area contributed by atoms with Crippen molar-refractivity contribution in [2.75, 3.05) is 0 Å². The average Bonchev–Trinajstić information content (AvgIpc) is 2.44. The van der Waals surface area contributed by atoms with E-state index in [0.29, 0.717) is 5.39 Å². The van der Waals surface area contributed by atoms with E-state index in [1.54, 1.807) is 24.3 Å². The number of rotatable bonds is 4. The fourth-order valence-corrected chi connectivity index (χ4v) is 2.12. The van der Waals surface area contributed by atoms with Crippen molar-refractivity contribution in [2.24, 2.45) is 0 Å². The van der Waals surface area contributed by atoms with E-state index >= 15 is 0 Å². The van der Waals surface area contributed by atoms with Crippen LogP contribution in [0.2, 0.25) is 0 Å². The molecule has 0 bridgehead atoms. The number of carboxylic acids is 1. The smallest absolute Gasteiger partial charge is 0.336 e. The van der Waals surface area contributed by atoms with E-state index in [9.17, 15) is 9.90 Å². The summed E-state index contributed by atoms with van der Waals surface area (Å²) in [4.78, 5) is 11.4. The second kappa shape index (κ2) is 4.94. The SMILES string of the molecule is C=Cc1cc(C(=O)O)c2cc(C=C)c(C=C)cc2c1. The molecule has 2 heteroatoms. The topological polar surface area (TPSA) is 37.3 Å². The minimum atomic E-state index is -0.949. The summed E-state index contributed by atoms with van der Waals surface area (Å²) in [6, 6.07) is 7.28. The van der Waals surface area contributed by atoms with Crippen LogP contribution in [0.4, 0.5) is 0 Å². The number of aromatic carboxylic acids is 1. The molecule has 0 aliphatic carbocycles. The molecule has 0 heterocycles. The first-order valence-corrected chi connectivity index (χ1v) is 5.83. The van der Waals surface area contributed by atoms with Crippen molar-refractivity contribution in [1.82, 2.24) is 0 Å². The van der Waals surface area contributed by atoms with E-state index in [1.807, 2.05) is 18.2 Å². The lowest BCUT2D eigenvalue weighted by Crippen LogP contribution is -1.99. The van der Waals surface area contributed by atoms with Crippen LogP contribution in [0.5, 0.6) is 0 Å². The molecule has 2 rings (SSSR count). The van der Waals surface area contributed by atoms with Gasteiger partial charge in [0.2, 0.25) is 0 Å². The molecule has 0 radical (unpaired) electrons. The summed E-state index contributed by atoms with van der Waals surface area (Å²) in [5.41, 5.74) is 2.86. The summed E-state index contributed by atoms with van der Waals surface area (Å²) in [5.74, 6) is -0.949. The van der Waals surface area contributed by atoms with Crippen LogP contribution < -0.4 is 0 Å². The zero-order chi connectivity index (χ0) is 14.0. The van der Waals surface area contributed by atoms with Gasteiger partial charge in [0.05, 0.1) is 5.56 Å². The number of carbonyl (C=O) groups is 1. The maximum atomic E-state index is 11.4. The Labute approximate surface area is 112 Å². The van der Waals surface area contributed by atoms with Gasteiger partial charge in [-0.3, -0.25) is 0 Å². The first kappa shape index (κ1) is 12.8. The van der Waals surface area contributed by atoms with Crippen LogP contribution in [0, 0.1) is 0 Å². The van der Waals surface area contributed by atoms with Crippen molar-refractivity contribution in [2.45, 2.75) is 0 Å². The minimum Gasteiger partial charge on any atom is -0.478 e. The molecule has 0 amide bonds. The Morgan fingerprint density at radius 1 is 0.947 bits per heavy atom. The lowest BCUT2D eigenvalue weighted by Gasteiger charge is -2.09. The molecule has 0 atom stereocenters. The molecule has 0 fully saturated rings. The summed E-state index contributed by atoms with van der Waals surface area (Å²) >= 11 is 0. The predicted octanol–water partition coefficient (Wildman–Crippen LogP) is 4.47. The van der Waals surface area contributed by atoms with E-state index in [2.05, 4.69) is 19.7 Å². The highest BCUT2D eigenvalue weighted by atomic mass is 16.4. The van der Waals surface area contributed by atoms with Gasteiger partial charge in [-0.25, -0.2) is 4.79 Å². The van der Waals surface area contributed by atoms with Gasteiger partial charge in [0.25, 0.3) is 0 Å². The normalized spacial score (nSPS) is 10.1. The van der Waals surface area contributed by atoms with Crippen molar-refractivity contribution in [3.8, 4) is 0 Å². The van der Waals surface area contributed by atoms with Gasteiger partial charge in [-0.05, 0) is 51.7 Å². The van der Waals surface area contributed by atoms with Gasteiger partial charge in [-0.2, -0.15) is 0 Å². The number of hydrogen-bond acceptors (Lipinski definition) is 1. The third-order valence-corrected chi connectivity index (χ3v) is 3.08. The van der Waals surface area contributed by atoms with Gasteiger partial charge in [-0.15, -0.1) is 0 Å². The van der Waals surface area contributed by atoms with E-state index in [0.717, 1.165) is 22.1 Å². The molecule has 0 aliphatic heterocycles. The summed E-state index contributed by atoms with van der Waals surface area (Å²) in [6.45, 7) is 11.2. The van der Waals surface area contributed by atoms with Crippen molar-refractivity contribution >= 4 is 35.0 Å². The second-order valence-corrected chi connectivity index (χ2v) is 4.19. The predicted molar refractivity (Wildman–Crippen MR) is 81.2 cm³/mol. The number of benzene rings is 2. The van der Waals surface area contributed by atoms with Crippen LogP contribution in [-0.2, 0) is 0 Å². The highest BCUT2D eigenvalue weighted by Gasteiger charge is 2.11. The molecule has 94 valence electrons. The lowest BCUT2D eigenvalue weighted by molar-refractivity contribution is 0.0699. The molecule has 1 N–H and O–H groups in total. The second-order valence-electron chi connectivity index (χ2n) is 4.19. The molecular weight excluding hydrogens is 236 g/mol. The maximum absolute atomic E-state index is 11.4. The molecule has 0 saturated carbocycles. The molecule has 0 unspecified atom stereocenters. The Balaban J connectivity index is 2.93. The lowest BCUT2D eigenvalue weighted by atomic mass is 9.95. The van der Waals surface area contributed by atoms with Crippen LogP contribution >= 0.6 is 0 Å². The highest BCUT2D eigenvalue weighted by molar-refractivity contribution is 6.06. The van der Waals surface area contributed by atoms with E-state index in [1.165, 1.54) is 0 Å². The van der Waals surface area contributed by atoms with Crippen LogP contribution in [-0.4, -0.2) is 11.1 Å². The minimum absolute atomic E-state index is 0.270. The summed E-state index contributed by atoms with van der Waals surface area (Å²) < 4.78 is 0. The van der Waals surface area contributed by atoms with Crippen LogP contribution in [0.3, 0.4) is 0 Å². The van der Waals surface area contributed by atoms with E-state index in [-0.39, 0.29) is 5.56 Å². The summed E-state index contributed by atoms with van der Waals surface area (Å²) in [6.07, 6.45) is 5.07. The Morgan fingerprint density at radius 2 is 1.58 bits per heavy atom. The summed E-state index contributed by atoms with van der Waals surface area (Å²) in [5, 5.41) is 10.9. The molecule has 2 aromatic rings. The van der Waals surface area contributed by atoms with Crippen molar-refractivity contribution in [1.29, 1.82) is 0 Å². The molecule has 2 aromatic carbocycles. The number of fused-ring (bicyclic) bond motifs is 1. The fourth-order valence-electron chi connectivity index (χ4n) is 2.12. The fraction of sp³-hybridized carbons (Fsp3) is 0. The zero-order valence-electron chi connectivity index (χ0n) is 10.5. The Morgan fingerprint density at radius 3 is 2.11 bits per heavy atom. The van der Waals surface area contributed by atoms with Crippen LogP contribution in [0.25, 0.3) is 29.0 Å². The van der Waals surface area contributed by atoms with Crippen molar-refractivity contribution in [3.05, 3.63) is 66.3 Å². The first-order valence-electron chi connectivity index (χ1n) is 5.83. The molecule has 0 aromatic heterocycles. The van der Waals surface area contributed by atoms with Gasteiger partial charge >= 0.3 is 5.97 Å². The zero-order valence-corrected chi connectivity index (χ0v) is 10.5. The molecule has 2 nitrogen and oxygen atoms in total. The number of hydrogen-bond donors (Lipinski definition) is 1. The third-order valence-electron chi connectivity index (χ3n) is 3.08. The van der Waals surface area contributed by atoms with Gasteiger partial charge in [-0.1, -0.05) is 38.0 Å². The van der Waals surface area contributed by atoms with Crippen LogP contribution in [0.1, 0.15) is 27.0 Å². The Kier molecular flexibility index (Phi) is 3.34. The average molecular weight is 250 g/mol. The molecule has 0 saturated heterocycles. The first-order chi connectivity index (χ1) is 9.10. The monoisotopic (exact) mass is 250 g/mol. The van der Waals surface area contributed by atoms with Gasteiger partial charge in [0.15, 0.2) is 0 Å². The molecule has 19 heavy (non-hydrogen) atoms. The Bertz CT molecular complexity index is 709. The van der Waals surface area contributed by atoms with Crippen LogP contribution in [0.15, 0.2) is 44.0 Å². The molecule has 0 spiro atoms. The maximum Gasteiger partial charge on any atom is 0.336 e. The van der Waals surface area contributed by atoms with Crippen molar-refractivity contribution < 1.29 is 9.90 Å². The van der Waals surface area contributed by atoms with Gasteiger partial charge < -0.3 is 5.11 Å². The largest absolute Gasteiger partial charge is 0.478 e. The highest BCUT2D eigenvalue weighted by Crippen LogP contribution is 2.27. The quantitative estimate of drug-likeness (QED) is 0.869. The van der Waals surface area contributed by atoms with E-state index < -0.39 is 5.97 Å².